The number of rotatable bonds is 2. The van der Waals surface area contributed by atoms with Crippen LogP contribution in [0.1, 0.15) is 21.7 Å². The van der Waals surface area contributed by atoms with E-state index >= 15 is 0 Å². The van der Waals surface area contributed by atoms with Gasteiger partial charge in [-0.05, 0) is 12.1 Å². The van der Waals surface area contributed by atoms with Gasteiger partial charge in [-0.3, -0.25) is 9.69 Å². The van der Waals surface area contributed by atoms with Crippen molar-refractivity contribution in [3.05, 3.63) is 41.5 Å². The van der Waals surface area contributed by atoms with E-state index in [2.05, 4.69) is 15.4 Å². The van der Waals surface area contributed by atoms with Crippen LogP contribution in [0.4, 0.5) is 4.79 Å². The summed E-state index contributed by atoms with van der Waals surface area (Å²) in [6.45, 7) is 0.635. The first kappa shape index (κ1) is 13.1. The number of pyridine rings is 1. The van der Waals surface area contributed by atoms with Crippen LogP contribution in [0.3, 0.4) is 0 Å². The molecule has 0 radical (unpaired) electrons. The maximum Gasteiger partial charge on any atom is 0.407 e. The smallest absolute Gasteiger partial charge is 0.407 e. The van der Waals surface area contributed by atoms with Gasteiger partial charge >= 0.3 is 6.09 Å². The molecule has 21 heavy (non-hydrogen) atoms. The number of fused-ring (bicyclic) bond motifs is 1. The third-order valence-corrected chi connectivity index (χ3v) is 3.32. The maximum atomic E-state index is 11.4. The van der Waals surface area contributed by atoms with E-state index < -0.39 is 6.09 Å². The number of carbonyl (C=O) groups is 2. The molecular formula is C13H13N5O3. The normalized spacial score (nSPS) is 13.1. The number of hydrogen-bond acceptors (Lipinski definition) is 4. The fourth-order valence-corrected chi connectivity index (χ4v) is 2.20. The topological polar surface area (TPSA) is 100 Å². The summed E-state index contributed by atoms with van der Waals surface area (Å²) >= 11 is 0. The zero-order valence-corrected chi connectivity index (χ0v) is 11.3. The fourth-order valence-electron chi connectivity index (χ4n) is 2.20. The van der Waals surface area contributed by atoms with Crippen LogP contribution < -0.4 is 5.32 Å². The summed E-state index contributed by atoms with van der Waals surface area (Å²) in [4.78, 5) is 27.7. The molecule has 0 unspecified atom stereocenters. The summed E-state index contributed by atoms with van der Waals surface area (Å²) in [6, 6.07) is 3.36. The first-order chi connectivity index (χ1) is 10.1. The van der Waals surface area contributed by atoms with E-state index in [1.807, 2.05) is 0 Å². The van der Waals surface area contributed by atoms with Gasteiger partial charge in [0.2, 0.25) is 0 Å². The van der Waals surface area contributed by atoms with Crippen molar-refractivity contribution in [1.82, 2.24) is 25.0 Å². The number of aromatic nitrogens is 3. The number of hydrogen-bond donors (Lipinski definition) is 2. The third kappa shape index (κ3) is 2.31. The van der Waals surface area contributed by atoms with Crippen molar-refractivity contribution in [2.45, 2.75) is 13.1 Å². The Morgan fingerprint density at radius 3 is 2.71 bits per heavy atom. The van der Waals surface area contributed by atoms with E-state index in [4.69, 9.17) is 5.11 Å². The lowest BCUT2D eigenvalue weighted by Crippen LogP contribution is -2.23. The lowest BCUT2D eigenvalue weighted by molar-refractivity contribution is 0.0958. The van der Waals surface area contributed by atoms with Crippen molar-refractivity contribution in [2.24, 2.45) is 0 Å². The highest BCUT2D eigenvalue weighted by Crippen LogP contribution is 2.22. The molecule has 0 aliphatic carbocycles. The van der Waals surface area contributed by atoms with E-state index in [9.17, 15) is 9.59 Å². The molecule has 8 nitrogen and oxygen atoms in total. The molecule has 0 aromatic carbocycles. The van der Waals surface area contributed by atoms with Gasteiger partial charge in [0.05, 0.1) is 30.7 Å². The van der Waals surface area contributed by atoms with Crippen LogP contribution in [-0.4, -0.2) is 43.8 Å². The lowest BCUT2D eigenvalue weighted by Gasteiger charge is -2.10. The third-order valence-electron chi connectivity index (χ3n) is 3.32. The molecule has 1 aliphatic rings. The van der Waals surface area contributed by atoms with Gasteiger partial charge in [0.25, 0.3) is 5.91 Å². The Morgan fingerprint density at radius 1 is 1.33 bits per heavy atom. The maximum absolute atomic E-state index is 11.4. The SMILES string of the molecule is CNC(=O)c1ccc(-n2cc3c(n2)CN(C(=O)O)C3)cn1. The molecule has 2 aromatic rings. The van der Waals surface area contributed by atoms with E-state index in [0.717, 1.165) is 16.9 Å². The molecule has 1 aliphatic heterocycles. The molecule has 0 atom stereocenters. The minimum Gasteiger partial charge on any atom is -0.465 e. The van der Waals surface area contributed by atoms with Crippen molar-refractivity contribution >= 4 is 12.0 Å². The van der Waals surface area contributed by atoms with E-state index in [0.29, 0.717) is 18.8 Å². The summed E-state index contributed by atoms with van der Waals surface area (Å²) < 4.78 is 1.64. The van der Waals surface area contributed by atoms with Crippen molar-refractivity contribution < 1.29 is 14.7 Å². The van der Waals surface area contributed by atoms with Crippen molar-refractivity contribution in [2.75, 3.05) is 7.05 Å². The molecule has 2 aromatic heterocycles. The molecule has 2 N–H and O–H groups in total. The Labute approximate surface area is 120 Å². The first-order valence-corrected chi connectivity index (χ1v) is 6.32. The van der Waals surface area contributed by atoms with Crippen LogP contribution >= 0.6 is 0 Å². The largest absolute Gasteiger partial charge is 0.465 e. The minimum atomic E-state index is -0.948. The highest BCUT2D eigenvalue weighted by atomic mass is 16.4. The molecule has 0 saturated carbocycles. The predicted octanol–water partition coefficient (Wildman–Crippen LogP) is 0.621. The van der Waals surface area contributed by atoms with Gasteiger partial charge in [-0.1, -0.05) is 0 Å². The number of carbonyl (C=O) groups excluding carboxylic acids is 1. The number of nitrogens with one attached hydrogen (secondary N) is 1. The van der Waals surface area contributed by atoms with Crippen LogP contribution in [0.15, 0.2) is 24.5 Å². The highest BCUT2D eigenvalue weighted by molar-refractivity contribution is 5.92. The Morgan fingerprint density at radius 2 is 2.14 bits per heavy atom. The van der Waals surface area contributed by atoms with E-state index in [1.165, 1.54) is 4.90 Å². The van der Waals surface area contributed by atoms with Crippen LogP contribution in [0.25, 0.3) is 5.69 Å². The first-order valence-electron chi connectivity index (χ1n) is 6.32. The van der Waals surface area contributed by atoms with Crippen molar-refractivity contribution in [3.63, 3.8) is 0 Å². The Bertz CT molecular complexity index is 684. The quantitative estimate of drug-likeness (QED) is 0.843. The van der Waals surface area contributed by atoms with Gasteiger partial charge in [0.1, 0.15) is 5.69 Å². The summed E-state index contributed by atoms with van der Waals surface area (Å²) in [7, 11) is 1.55. The standard InChI is InChI=1S/C13H13N5O3/c1-14-12(19)10-3-2-9(4-15-10)18-6-8-5-17(13(20)21)7-11(8)16-18/h2-4,6H,5,7H2,1H3,(H,14,19)(H,20,21). The van der Waals surface area contributed by atoms with Crippen molar-refractivity contribution in [1.29, 1.82) is 0 Å². The summed E-state index contributed by atoms with van der Waals surface area (Å²) in [5.41, 5.74) is 2.68. The molecule has 0 bridgehead atoms. The number of carboxylic acid groups (broad SMARTS) is 1. The molecular weight excluding hydrogens is 274 g/mol. The van der Waals surface area contributed by atoms with E-state index in [1.54, 1.807) is 36.3 Å². The van der Waals surface area contributed by atoms with Crippen LogP contribution in [0, 0.1) is 0 Å². The molecule has 3 heterocycles. The minimum absolute atomic E-state index is 0.249. The molecule has 0 spiro atoms. The molecule has 108 valence electrons. The van der Waals surface area contributed by atoms with Crippen molar-refractivity contribution in [3.8, 4) is 5.69 Å². The van der Waals surface area contributed by atoms with Gasteiger partial charge in [0.15, 0.2) is 0 Å². The second-order valence-corrected chi connectivity index (χ2v) is 4.67. The van der Waals surface area contributed by atoms with Crippen LogP contribution in [0.2, 0.25) is 0 Å². The second kappa shape index (κ2) is 4.89. The highest BCUT2D eigenvalue weighted by Gasteiger charge is 2.26. The number of nitrogens with zero attached hydrogens (tertiary/aromatic N) is 4. The van der Waals surface area contributed by atoms with Crippen LogP contribution in [-0.2, 0) is 13.1 Å². The Kier molecular flexibility index (Phi) is 3.05. The van der Waals surface area contributed by atoms with Gasteiger partial charge in [0, 0.05) is 18.8 Å². The predicted molar refractivity (Wildman–Crippen MR) is 72.0 cm³/mol. The second-order valence-electron chi connectivity index (χ2n) is 4.67. The van der Waals surface area contributed by atoms with Gasteiger partial charge in [-0.15, -0.1) is 0 Å². The summed E-state index contributed by atoms with van der Waals surface area (Å²) in [5.74, 6) is -0.249. The zero-order chi connectivity index (χ0) is 15.0. The average Bonchev–Trinajstić information content (AvgIpc) is 3.05. The fraction of sp³-hybridized carbons (Fsp3) is 0.231. The summed E-state index contributed by atoms with van der Waals surface area (Å²) in [5, 5.41) is 15.8. The average molecular weight is 287 g/mol. The van der Waals surface area contributed by atoms with Gasteiger partial charge in [-0.25, -0.2) is 14.5 Å². The Balaban J connectivity index is 1.82. The van der Waals surface area contributed by atoms with Gasteiger partial charge < -0.3 is 10.4 Å². The number of amides is 2. The molecule has 2 amide bonds. The molecule has 8 heteroatoms. The van der Waals surface area contributed by atoms with Gasteiger partial charge in [-0.2, -0.15) is 5.10 Å². The lowest BCUT2D eigenvalue weighted by atomic mass is 10.3. The monoisotopic (exact) mass is 287 g/mol. The summed E-state index contributed by atoms with van der Waals surface area (Å²) in [6.07, 6.45) is 2.40. The molecule has 0 fully saturated rings. The van der Waals surface area contributed by atoms with E-state index in [-0.39, 0.29) is 5.91 Å². The van der Waals surface area contributed by atoms with Crippen LogP contribution in [0.5, 0.6) is 0 Å². The Hall–Kier alpha value is -2.90. The zero-order valence-electron chi connectivity index (χ0n) is 11.3. The molecule has 3 rings (SSSR count). The molecule has 0 saturated heterocycles.